The molecule has 0 fully saturated rings. The third-order valence-electron chi connectivity index (χ3n) is 1.54. The molecular weight excluding hydrogens is 158 g/mol. The van der Waals surface area contributed by atoms with Crippen molar-refractivity contribution in [3.8, 4) is 0 Å². The fourth-order valence-corrected chi connectivity index (χ4v) is 0.841. The van der Waals surface area contributed by atoms with Gasteiger partial charge in [0.15, 0.2) is 5.96 Å². The Kier molecular flexibility index (Phi) is 4.10. The Morgan fingerprint density at radius 1 is 1.67 bits per heavy atom. The molecule has 0 aliphatic rings. The van der Waals surface area contributed by atoms with Gasteiger partial charge in [0.25, 0.3) is 0 Å². The Hall–Kier alpha value is -1.26. The van der Waals surface area contributed by atoms with E-state index in [1.54, 1.807) is 0 Å². The van der Waals surface area contributed by atoms with Gasteiger partial charge in [0.05, 0.1) is 6.42 Å². The fourth-order valence-electron chi connectivity index (χ4n) is 0.841. The van der Waals surface area contributed by atoms with Crippen LogP contribution in [0.4, 0.5) is 0 Å². The zero-order valence-corrected chi connectivity index (χ0v) is 7.29. The number of hydrogen-bond acceptors (Lipinski definition) is 2. The molecule has 0 saturated carbocycles. The summed E-state index contributed by atoms with van der Waals surface area (Å²) in [6.07, 6.45) is -0.0166. The Bertz CT molecular complexity index is 163. The summed E-state index contributed by atoms with van der Waals surface area (Å²) in [5, 5.41) is 18.0. The van der Waals surface area contributed by atoms with Gasteiger partial charge in [0.1, 0.15) is 0 Å². The third-order valence-corrected chi connectivity index (χ3v) is 1.54. The van der Waals surface area contributed by atoms with Gasteiger partial charge < -0.3 is 16.2 Å². The molecule has 0 rings (SSSR count). The first-order chi connectivity index (χ1) is 5.43. The summed E-state index contributed by atoms with van der Waals surface area (Å²) < 4.78 is 0. The van der Waals surface area contributed by atoms with Crippen molar-refractivity contribution in [3.63, 3.8) is 0 Å². The topological polar surface area (TPSA) is 99.2 Å². The van der Waals surface area contributed by atoms with E-state index in [9.17, 15) is 4.79 Å². The minimum Gasteiger partial charge on any atom is -0.481 e. The van der Waals surface area contributed by atoms with Gasteiger partial charge >= 0.3 is 5.97 Å². The molecule has 0 bridgehead atoms. The number of carboxylic acid groups (broad SMARTS) is 1. The van der Waals surface area contributed by atoms with E-state index < -0.39 is 5.97 Å². The van der Waals surface area contributed by atoms with Crippen molar-refractivity contribution < 1.29 is 9.90 Å². The zero-order valence-electron chi connectivity index (χ0n) is 7.29. The lowest BCUT2D eigenvalue weighted by molar-refractivity contribution is -0.137. The maximum absolute atomic E-state index is 10.3. The molecule has 0 aromatic carbocycles. The second kappa shape index (κ2) is 4.58. The Labute approximate surface area is 71.5 Å². The minimum atomic E-state index is -0.887. The number of carbonyl (C=O) groups is 1. The summed E-state index contributed by atoms with van der Waals surface area (Å²) in [4.78, 5) is 10.3. The Balaban J connectivity index is 4.04. The lowest BCUT2D eigenvalue weighted by Gasteiger charge is -2.20. The summed E-state index contributed by atoms with van der Waals surface area (Å²) in [7, 11) is 0. The van der Waals surface area contributed by atoms with Crippen molar-refractivity contribution in [1.82, 2.24) is 5.32 Å². The van der Waals surface area contributed by atoms with Crippen LogP contribution in [-0.4, -0.2) is 23.1 Å². The van der Waals surface area contributed by atoms with Crippen molar-refractivity contribution in [1.29, 1.82) is 5.41 Å². The number of guanidine groups is 1. The molecule has 1 atom stereocenters. The lowest BCUT2D eigenvalue weighted by Crippen LogP contribution is -2.43. The van der Waals surface area contributed by atoms with E-state index in [0.29, 0.717) is 0 Å². The second-order valence-corrected chi connectivity index (χ2v) is 3.01. The van der Waals surface area contributed by atoms with Crippen LogP contribution >= 0.6 is 0 Å². The van der Waals surface area contributed by atoms with Crippen LogP contribution in [0.15, 0.2) is 0 Å². The SMILES string of the molecule is CC(C)[C@@H](CC(=O)O)NC(=N)N. The fraction of sp³-hybridized carbons (Fsp3) is 0.714. The molecular formula is C7H15N3O2. The van der Waals surface area contributed by atoms with Gasteiger partial charge in [-0.1, -0.05) is 13.8 Å². The molecule has 0 amide bonds. The average Bonchev–Trinajstić information content (AvgIpc) is 1.83. The summed E-state index contributed by atoms with van der Waals surface area (Å²) in [6.45, 7) is 3.76. The Morgan fingerprint density at radius 2 is 2.17 bits per heavy atom. The van der Waals surface area contributed by atoms with Crippen LogP contribution in [0.25, 0.3) is 0 Å². The summed E-state index contributed by atoms with van der Waals surface area (Å²) in [6, 6.07) is -0.264. The van der Waals surface area contributed by atoms with E-state index in [0.717, 1.165) is 0 Å². The lowest BCUT2D eigenvalue weighted by atomic mass is 10.0. The molecule has 0 aliphatic carbocycles. The van der Waals surface area contributed by atoms with Crippen molar-refractivity contribution >= 4 is 11.9 Å². The molecule has 70 valence electrons. The van der Waals surface area contributed by atoms with Gasteiger partial charge in [0.2, 0.25) is 0 Å². The van der Waals surface area contributed by atoms with Crippen LogP contribution in [0.5, 0.6) is 0 Å². The molecule has 0 heterocycles. The number of hydrogen-bond donors (Lipinski definition) is 4. The second-order valence-electron chi connectivity index (χ2n) is 3.01. The first kappa shape index (κ1) is 10.7. The first-order valence-electron chi connectivity index (χ1n) is 3.75. The highest BCUT2D eigenvalue weighted by atomic mass is 16.4. The molecule has 0 aliphatic heterocycles. The van der Waals surface area contributed by atoms with E-state index in [1.165, 1.54) is 0 Å². The smallest absolute Gasteiger partial charge is 0.305 e. The van der Waals surface area contributed by atoms with Crippen molar-refractivity contribution in [2.24, 2.45) is 11.7 Å². The maximum atomic E-state index is 10.3. The molecule has 5 nitrogen and oxygen atoms in total. The monoisotopic (exact) mass is 173 g/mol. The highest BCUT2D eigenvalue weighted by molar-refractivity contribution is 5.76. The molecule has 0 aromatic rings. The van der Waals surface area contributed by atoms with Crippen LogP contribution in [0.2, 0.25) is 0 Å². The maximum Gasteiger partial charge on any atom is 0.305 e. The number of nitrogens with one attached hydrogen (secondary N) is 2. The van der Waals surface area contributed by atoms with Crippen LogP contribution in [0, 0.1) is 11.3 Å². The van der Waals surface area contributed by atoms with Crippen molar-refractivity contribution in [2.45, 2.75) is 26.3 Å². The quantitative estimate of drug-likeness (QED) is 0.354. The zero-order chi connectivity index (χ0) is 9.72. The molecule has 0 aromatic heterocycles. The van der Waals surface area contributed by atoms with E-state index in [2.05, 4.69) is 5.32 Å². The van der Waals surface area contributed by atoms with Gasteiger partial charge in [-0.05, 0) is 5.92 Å². The third kappa shape index (κ3) is 4.54. The van der Waals surface area contributed by atoms with Gasteiger partial charge in [-0.2, -0.15) is 0 Å². The van der Waals surface area contributed by atoms with Gasteiger partial charge in [0, 0.05) is 6.04 Å². The van der Waals surface area contributed by atoms with Crippen LogP contribution in [-0.2, 0) is 4.79 Å². The van der Waals surface area contributed by atoms with Crippen LogP contribution < -0.4 is 11.1 Å². The standard InChI is InChI=1S/C7H15N3O2/c1-4(2)5(3-6(11)12)10-7(8)9/h4-5H,3H2,1-2H3,(H,11,12)(H4,8,9,10)/t5-/m1/s1. The summed E-state index contributed by atoms with van der Waals surface area (Å²) >= 11 is 0. The minimum absolute atomic E-state index is 0.0166. The van der Waals surface area contributed by atoms with Crippen molar-refractivity contribution in [2.75, 3.05) is 0 Å². The van der Waals surface area contributed by atoms with E-state index in [-0.39, 0.29) is 24.3 Å². The predicted molar refractivity (Wildman–Crippen MR) is 45.9 cm³/mol. The summed E-state index contributed by atoms with van der Waals surface area (Å²) in [5.74, 6) is -0.928. The molecule has 0 radical (unpaired) electrons. The van der Waals surface area contributed by atoms with Gasteiger partial charge in [-0.3, -0.25) is 10.2 Å². The molecule has 0 saturated heterocycles. The van der Waals surface area contributed by atoms with Crippen molar-refractivity contribution in [3.05, 3.63) is 0 Å². The average molecular weight is 173 g/mol. The van der Waals surface area contributed by atoms with E-state index in [4.69, 9.17) is 16.2 Å². The van der Waals surface area contributed by atoms with Crippen LogP contribution in [0.1, 0.15) is 20.3 Å². The van der Waals surface area contributed by atoms with Gasteiger partial charge in [-0.15, -0.1) is 0 Å². The molecule has 12 heavy (non-hydrogen) atoms. The number of nitrogens with two attached hydrogens (primary N) is 1. The highest BCUT2D eigenvalue weighted by Crippen LogP contribution is 2.05. The number of aliphatic carboxylic acids is 1. The van der Waals surface area contributed by atoms with Crippen LogP contribution in [0.3, 0.4) is 0 Å². The first-order valence-corrected chi connectivity index (χ1v) is 3.75. The number of carboxylic acids is 1. The normalized spacial score (nSPS) is 12.6. The molecule has 5 heteroatoms. The number of rotatable bonds is 4. The largest absolute Gasteiger partial charge is 0.481 e. The van der Waals surface area contributed by atoms with E-state index >= 15 is 0 Å². The van der Waals surface area contributed by atoms with E-state index in [1.807, 2.05) is 13.8 Å². The predicted octanol–water partition coefficient (Wildman–Crippen LogP) is -0.0312. The summed E-state index contributed by atoms with van der Waals surface area (Å²) in [5.41, 5.74) is 5.09. The Morgan fingerprint density at radius 3 is 2.42 bits per heavy atom. The molecule has 0 spiro atoms. The van der Waals surface area contributed by atoms with Gasteiger partial charge in [-0.25, -0.2) is 0 Å². The molecule has 5 N–H and O–H groups in total. The molecule has 0 unspecified atom stereocenters. The highest BCUT2D eigenvalue weighted by Gasteiger charge is 2.16.